The van der Waals surface area contributed by atoms with Crippen LogP contribution in [0.15, 0.2) is 0 Å². The molecule has 0 atom stereocenters. The Morgan fingerprint density at radius 1 is 0.458 bits per heavy atom. The van der Waals surface area contributed by atoms with Crippen LogP contribution < -0.4 is 0 Å². The molecule has 0 spiro atoms. The van der Waals surface area contributed by atoms with Crippen molar-refractivity contribution in [3.8, 4) is 0 Å². The predicted octanol–water partition coefficient (Wildman–Crippen LogP) is 10.9. The molecule has 0 fully saturated rings. The fraction of sp³-hybridized carbons (Fsp3) is 0.941. The van der Waals surface area contributed by atoms with Gasteiger partial charge in [-0.15, -0.1) is 0 Å². The zero-order valence-corrected chi connectivity index (χ0v) is 34.2. The number of unbranched alkanes of at least 4 members (excludes halogenated alkanes) is 20. The Labute approximate surface area is 308 Å². The molecule has 0 aromatic heterocycles. The van der Waals surface area contributed by atoms with Crippen LogP contribution in [0.5, 0.6) is 0 Å². The minimum absolute atomic E-state index is 0. The van der Waals surface area contributed by atoms with Gasteiger partial charge in [-0.05, 0) is 25.7 Å². The van der Waals surface area contributed by atoms with Gasteiger partial charge in [0, 0.05) is 21.7 Å². The van der Waals surface area contributed by atoms with Gasteiger partial charge in [0.25, 0.3) is 0 Å². The molecule has 0 heterocycles. The summed E-state index contributed by atoms with van der Waals surface area (Å²) in [6.45, 7) is 10.0. The maximum absolute atomic E-state index is 11.6. The van der Waals surface area contributed by atoms with E-state index in [1.54, 1.807) is 0 Å². The summed E-state index contributed by atoms with van der Waals surface area (Å²) in [5, 5.41) is 7.35. The van der Waals surface area contributed by atoms with Crippen molar-refractivity contribution in [2.75, 3.05) is 26.4 Å². The SMILES string of the molecule is CCCCCCCCOP(=O)(O)OCCCCCCCC.CCCCCCCCOP(=O)(O)OCCCCCCCC.O=CC(=O)O.[Ti]. The normalized spacial score (nSPS) is 11.1. The molecule has 14 heteroatoms. The molecule has 0 unspecified atom stereocenters. The van der Waals surface area contributed by atoms with E-state index in [4.69, 9.17) is 32.8 Å². The average Bonchev–Trinajstić information content (AvgIpc) is 3.03. The van der Waals surface area contributed by atoms with Gasteiger partial charge in [-0.1, -0.05) is 156 Å². The van der Waals surface area contributed by atoms with Crippen molar-refractivity contribution in [1.82, 2.24) is 0 Å². The molecule has 0 amide bonds. The van der Waals surface area contributed by atoms with Gasteiger partial charge in [-0.2, -0.15) is 0 Å². The molecule has 48 heavy (non-hydrogen) atoms. The van der Waals surface area contributed by atoms with E-state index in [0.717, 1.165) is 51.4 Å². The summed E-state index contributed by atoms with van der Waals surface area (Å²) < 4.78 is 43.1. The summed E-state index contributed by atoms with van der Waals surface area (Å²) in [4.78, 5) is 36.9. The third-order valence-corrected chi connectivity index (χ3v) is 9.15. The Balaban J connectivity index is -0.000000346. The summed E-state index contributed by atoms with van der Waals surface area (Å²) in [7, 11) is -7.63. The Bertz CT molecular complexity index is 665. The van der Waals surface area contributed by atoms with E-state index < -0.39 is 21.6 Å². The third-order valence-electron chi connectivity index (χ3n) is 7.11. The maximum atomic E-state index is 11.6. The average molecular weight is 767 g/mol. The monoisotopic (exact) mass is 766 g/mol. The molecule has 0 aromatic carbocycles. The molecule has 0 rings (SSSR count). The minimum atomic E-state index is -3.82. The number of carbonyl (C=O) groups excluding carboxylic acids is 1. The van der Waals surface area contributed by atoms with E-state index >= 15 is 0 Å². The van der Waals surface area contributed by atoms with Crippen LogP contribution in [0, 0.1) is 0 Å². The Hall–Kier alpha value is 0.0743. The van der Waals surface area contributed by atoms with Gasteiger partial charge in [0.1, 0.15) is 0 Å². The van der Waals surface area contributed by atoms with Crippen molar-refractivity contribution in [2.45, 2.75) is 182 Å². The van der Waals surface area contributed by atoms with Crippen LogP contribution in [0.4, 0.5) is 0 Å². The van der Waals surface area contributed by atoms with Crippen molar-refractivity contribution in [2.24, 2.45) is 0 Å². The van der Waals surface area contributed by atoms with Crippen molar-refractivity contribution >= 4 is 27.9 Å². The van der Waals surface area contributed by atoms with Crippen LogP contribution >= 0.6 is 15.6 Å². The van der Waals surface area contributed by atoms with Gasteiger partial charge in [0.15, 0.2) is 0 Å². The molecule has 3 N–H and O–H groups in total. The third kappa shape index (κ3) is 52.9. The number of phosphoric ester groups is 2. The number of aliphatic carboxylic acids is 1. The number of aldehydes is 1. The molecule has 0 saturated heterocycles. The Morgan fingerprint density at radius 3 is 0.792 bits per heavy atom. The zero-order valence-electron chi connectivity index (χ0n) is 30.9. The molecule has 0 bridgehead atoms. The molecular weight excluding hydrogens is 694 g/mol. The summed E-state index contributed by atoms with van der Waals surface area (Å²) >= 11 is 0. The van der Waals surface area contributed by atoms with Crippen LogP contribution in [0.25, 0.3) is 0 Å². The maximum Gasteiger partial charge on any atom is 0.472 e. The van der Waals surface area contributed by atoms with Gasteiger partial charge < -0.3 is 14.9 Å². The number of phosphoric acid groups is 2. The molecule has 0 aliphatic rings. The largest absolute Gasteiger partial charge is 0.476 e. The van der Waals surface area contributed by atoms with E-state index in [9.17, 15) is 18.9 Å². The van der Waals surface area contributed by atoms with E-state index in [2.05, 4.69) is 27.7 Å². The molecule has 0 aromatic rings. The molecular formula is C34H72O11P2Ti. The minimum Gasteiger partial charge on any atom is -0.476 e. The molecule has 0 aliphatic heterocycles. The van der Waals surface area contributed by atoms with Gasteiger partial charge in [0.05, 0.1) is 26.4 Å². The molecule has 0 radical (unpaired) electrons. The fourth-order valence-electron chi connectivity index (χ4n) is 4.32. The van der Waals surface area contributed by atoms with Crippen molar-refractivity contribution in [3.05, 3.63) is 0 Å². The number of carboxylic acid groups (broad SMARTS) is 1. The van der Waals surface area contributed by atoms with Gasteiger partial charge >= 0.3 is 21.6 Å². The Morgan fingerprint density at radius 2 is 0.625 bits per heavy atom. The number of carboxylic acids is 1. The number of carbonyl (C=O) groups is 2. The van der Waals surface area contributed by atoms with E-state index in [1.165, 1.54) is 103 Å². The van der Waals surface area contributed by atoms with Gasteiger partial charge in [-0.25, -0.2) is 13.9 Å². The number of rotatable bonds is 33. The second kappa shape index (κ2) is 43.2. The van der Waals surface area contributed by atoms with Crippen LogP contribution in [-0.2, 0) is 58.5 Å². The second-order valence-electron chi connectivity index (χ2n) is 11.8. The predicted molar refractivity (Wildman–Crippen MR) is 191 cm³/mol. The number of hydrogen-bond donors (Lipinski definition) is 3. The standard InChI is InChI=1S/2C16H35O4P.C2H2O3.Ti/c2*1-3-5-7-9-11-13-15-19-21(17,18)20-16-14-12-10-8-6-4-2;3-1-2(4)5;/h2*3-16H2,1-2H3,(H,17,18);1H,(H,4,5);. The first-order valence-corrected chi connectivity index (χ1v) is 21.4. The summed E-state index contributed by atoms with van der Waals surface area (Å²) in [5.74, 6) is -1.43. The molecule has 0 aliphatic carbocycles. The first-order chi connectivity index (χ1) is 22.5. The van der Waals surface area contributed by atoms with Crippen molar-refractivity contribution in [3.63, 3.8) is 0 Å². The van der Waals surface area contributed by atoms with E-state index in [0.29, 0.717) is 26.4 Å². The summed E-state index contributed by atoms with van der Waals surface area (Å²) in [6, 6.07) is 0. The molecule has 288 valence electrons. The quantitative estimate of drug-likeness (QED) is 0.0191. The fourth-order valence-corrected chi connectivity index (χ4v) is 5.91. The topological polar surface area (TPSA) is 166 Å². The van der Waals surface area contributed by atoms with Crippen molar-refractivity contribution < 1.29 is 73.4 Å². The van der Waals surface area contributed by atoms with Crippen LogP contribution in [-0.4, -0.2) is 53.6 Å². The molecule has 0 saturated carbocycles. The van der Waals surface area contributed by atoms with Crippen LogP contribution in [0.3, 0.4) is 0 Å². The van der Waals surface area contributed by atoms with E-state index in [-0.39, 0.29) is 28.0 Å². The zero-order chi connectivity index (χ0) is 35.9. The first-order valence-electron chi connectivity index (χ1n) is 18.4. The van der Waals surface area contributed by atoms with Gasteiger partial charge in [-0.3, -0.25) is 22.9 Å². The summed E-state index contributed by atoms with van der Waals surface area (Å²) in [6.07, 6.45) is 27.0. The molecule has 11 nitrogen and oxygen atoms in total. The Kier molecular flexibility index (Phi) is 49.4. The van der Waals surface area contributed by atoms with Crippen molar-refractivity contribution in [1.29, 1.82) is 0 Å². The second-order valence-corrected chi connectivity index (χ2v) is 14.7. The first kappa shape index (κ1) is 54.8. The number of hydrogen-bond acceptors (Lipinski definition) is 8. The van der Waals surface area contributed by atoms with Crippen LogP contribution in [0.2, 0.25) is 0 Å². The van der Waals surface area contributed by atoms with Crippen LogP contribution in [0.1, 0.15) is 182 Å². The van der Waals surface area contributed by atoms with E-state index in [1.807, 2.05) is 0 Å². The van der Waals surface area contributed by atoms with Gasteiger partial charge in [0.2, 0.25) is 6.29 Å². The summed E-state index contributed by atoms with van der Waals surface area (Å²) in [5.41, 5.74) is 0. The smallest absolute Gasteiger partial charge is 0.472 e.